The van der Waals surface area contributed by atoms with Crippen molar-refractivity contribution in [2.45, 2.75) is 77.8 Å². The van der Waals surface area contributed by atoms with E-state index in [1.54, 1.807) is 79.7 Å². The molecule has 0 aliphatic heterocycles. The van der Waals surface area contributed by atoms with E-state index >= 15 is 0 Å². The molecule has 0 radical (unpaired) electrons. The fourth-order valence-electron chi connectivity index (χ4n) is 2.52. The van der Waals surface area contributed by atoms with Gasteiger partial charge < -0.3 is 20.4 Å². The summed E-state index contributed by atoms with van der Waals surface area (Å²) in [5.41, 5.74) is -2.60. The molecule has 24 heavy (non-hydrogen) atoms. The highest BCUT2D eigenvalue weighted by atomic mass is 16.3. The van der Waals surface area contributed by atoms with Crippen molar-refractivity contribution in [3.8, 4) is 0 Å². The first-order chi connectivity index (χ1) is 10.4. The van der Waals surface area contributed by atoms with Crippen LogP contribution in [0.3, 0.4) is 0 Å². The van der Waals surface area contributed by atoms with E-state index in [-0.39, 0.29) is 0 Å². The monoisotopic (exact) mass is 336 g/mol. The van der Waals surface area contributed by atoms with E-state index < -0.39 is 22.4 Å². The maximum absolute atomic E-state index is 10.7. The van der Waals surface area contributed by atoms with Gasteiger partial charge in [-0.3, -0.25) is 0 Å². The van der Waals surface area contributed by atoms with Crippen LogP contribution in [0, 0.1) is 0 Å². The molecule has 136 valence electrons. The molecule has 4 nitrogen and oxygen atoms in total. The first kappa shape index (κ1) is 20.8. The van der Waals surface area contributed by atoms with E-state index in [2.05, 4.69) is 0 Å². The van der Waals surface area contributed by atoms with E-state index in [1.165, 1.54) is 0 Å². The Balaban J connectivity index is 3.90. The number of hydrogen-bond acceptors (Lipinski definition) is 4. The summed E-state index contributed by atoms with van der Waals surface area (Å²) >= 11 is 0. The second kappa shape index (κ2) is 6.26. The Bertz CT molecular complexity index is 550. The predicted octanol–water partition coefficient (Wildman–Crippen LogP) is 2.79. The van der Waals surface area contributed by atoms with Gasteiger partial charge >= 0.3 is 0 Å². The third-order valence-electron chi connectivity index (χ3n) is 4.06. The SMILES string of the molecule is CC(C)(O)C1=CC(C(C)(C)O)=C(C(C)(C)O)/C=C(C(C)(C)O)\C=C/1. The lowest BCUT2D eigenvalue weighted by Crippen LogP contribution is -2.33. The van der Waals surface area contributed by atoms with Crippen molar-refractivity contribution in [2.24, 2.45) is 0 Å². The van der Waals surface area contributed by atoms with Gasteiger partial charge in [0, 0.05) is 0 Å². The van der Waals surface area contributed by atoms with Crippen LogP contribution < -0.4 is 0 Å². The largest absolute Gasteiger partial charge is 0.386 e. The summed E-state index contributed by atoms with van der Waals surface area (Å²) in [5.74, 6) is 0. The Morgan fingerprint density at radius 3 is 0.917 bits per heavy atom. The Morgan fingerprint density at radius 2 is 0.750 bits per heavy atom. The predicted molar refractivity (Wildman–Crippen MR) is 97.5 cm³/mol. The Hall–Kier alpha value is -1.20. The van der Waals surface area contributed by atoms with Gasteiger partial charge in [0.25, 0.3) is 0 Å². The van der Waals surface area contributed by atoms with E-state index in [0.29, 0.717) is 22.3 Å². The molecule has 1 aliphatic rings. The lowest BCUT2D eigenvalue weighted by molar-refractivity contribution is 0.0975. The van der Waals surface area contributed by atoms with Crippen molar-refractivity contribution >= 4 is 0 Å². The van der Waals surface area contributed by atoms with Crippen molar-refractivity contribution in [3.05, 3.63) is 46.6 Å². The van der Waals surface area contributed by atoms with Gasteiger partial charge in [0.1, 0.15) is 0 Å². The highest BCUT2D eigenvalue weighted by Gasteiger charge is 2.32. The minimum Gasteiger partial charge on any atom is -0.386 e. The minimum absolute atomic E-state index is 0.498. The molecule has 0 heterocycles. The van der Waals surface area contributed by atoms with E-state index in [4.69, 9.17) is 0 Å². The number of rotatable bonds is 4. The van der Waals surface area contributed by atoms with E-state index in [9.17, 15) is 20.4 Å². The van der Waals surface area contributed by atoms with Gasteiger partial charge in [-0.15, -0.1) is 0 Å². The summed E-state index contributed by atoms with van der Waals surface area (Å²) in [6, 6.07) is 0. The molecule has 0 atom stereocenters. The zero-order chi connectivity index (χ0) is 19.1. The van der Waals surface area contributed by atoms with Crippen LogP contribution in [-0.2, 0) is 0 Å². The molecule has 0 aromatic heterocycles. The molecule has 1 aliphatic carbocycles. The Morgan fingerprint density at radius 1 is 0.500 bits per heavy atom. The van der Waals surface area contributed by atoms with Crippen molar-refractivity contribution in [2.75, 3.05) is 0 Å². The maximum atomic E-state index is 10.7. The summed E-state index contributed by atoms with van der Waals surface area (Å²) in [5, 5.41) is 42.2. The molecular weight excluding hydrogens is 304 g/mol. The van der Waals surface area contributed by atoms with Gasteiger partial charge in [-0.25, -0.2) is 0 Å². The fourth-order valence-corrected chi connectivity index (χ4v) is 2.52. The van der Waals surface area contributed by atoms with Gasteiger partial charge in [0.2, 0.25) is 0 Å². The minimum atomic E-state index is -1.24. The van der Waals surface area contributed by atoms with Gasteiger partial charge in [-0.2, -0.15) is 0 Å². The Kier molecular flexibility index (Phi) is 5.44. The topological polar surface area (TPSA) is 80.9 Å². The molecule has 0 unspecified atom stereocenters. The van der Waals surface area contributed by atoms with Crippen molar-refractivity contribution in [1.29, 1.82) is 0 Å². The summed E-state index contributed by atoms with van der Waals surface area (Å²) < 4.78 is 0. The van der Waals surface area contributed by atoms with Crippen LogP contribution in [-0.4, -0.2) is 42.8 Å². The van der Waals surface area contributed by atoms with Gasteiger partial charge in [-0.1, -0.05) is 12.2 Å². The molecule has 0 amide bonds. The zero-order valence-electron chi connectivity index (χ0n) is 16.1. The van der Waals surface area contributed by atoms with Crippen LogP contribution in [0.4, 0.5) is 0 Å². The molecule has 4 heteroatoms. The molecule has 0 aromatic rings. The fraction of sp³-hybridized carbons (Fsp3) is 0.600. The molecular formula is C20H32O4. The molecule has 0 saturated heterocycles. The quantitative estimate of drug-likeness (QED) is 0.636. The van der Waals surface area contributed by atoms with Crippen LogP contribution in [0.1, 0.15) is 55.4 Å². The van der Waals surface area contributed by atoms with Crippen LogP contribution in [0.25, 0.3) is 0 Å². The molecule has 0 fully saturated rings. The summed E-state index contributed by atoms with van der Waals surface area (Å²) in [7, 11) is 0. The molecule has 0 spiro atoms. The summed E-state index contributed by atoms with van der Waals surface area (Å²) in [6.07, 6.45) is 6.89. The van der Waals surface area contributed by atoms with Gasteiger partial charge in [-0.05, 0) is 89.8 Å². The van der Waals surface area contributed by atoms with Crippen molar-refractivity contribution < 1.29 is 20.4 Å². The average Bonchev–Trinajstić information content (AvgIpc) is 2.20. The third kappa shape index (κ3) is 5.15. The molecule has 0 saturated carbocycles. The highest BCUT2D eigenvalue weighted by Crippen LogP contribution is 2.35. The molecule has 0 aromatic carbocycles. The van der Waals surface area contributed by atoms with Crippen molar-refractivity contribution in [3.63, 3.8) is 0 Å². The van der Waals surface area contributed by atoms with Gasteiger partial charge in [0.15, 0.2) is 0 Å². The third-order valence-corrected chi connectivity index (χ3v) is 4.06. The van der Waals surface area contributed by atoms with Crippen LogP contribution in [0.2, 0.25) is 0 Å². The van der Waals surface area contributed by atoms with Gasteiger partial charge in [0.05, 0.1) is 22.4 Å². The summed E-state index contributed by atoms with van der Waals surface area (Å²) in [4.78, 5) is 0. The average molecular weight is 336 g/mol. The second-order valence-corrected chi connectivity index (χ2v) is 8.60. The second-order valence-electron chi connectivity index (χ2n) is 8.60. The molecule has 0 bridgehead atoms. The van der Waals surface area contributed by atoms with Crippen LogP contribution in [0.5, 0.6) is 0 Å². The first-order valence-electron chi connectivity index (χ1n) is 8.21. The first-order valence-corrected chi connectivity index (χ1v) is 8.21. The Labute approximate surface area is 145 Å². The molecule has 4 N–H and O–H groups in total. The summed E-state index contributed by atoms with van der Waals surface area (Å²) in [6.45, 7) is 13.2. The van der Waals surface area contributed by atoms with E-state index in [0.717, 1.165) is 0 Å². The number of hydrogen-bond donors (Lipinski definition) is 4. The lowest BCUT2D eigenvalue weighted by Gasteiger charge is -2.33. The molecule has 1 rings (SSSR count). The standard InChI is InChI=1S/C20H32O4/c1-17(2,21)13-9-10-14(18(3,4)22)12-16(20(7,8)24)15(11-13)19(5,6)23/h9-12,21-24H,1-8H3/b10-9-,13-9?,13-11+,14-10?,14-12?,15-11?,16-12?,16-15?. The normalized spacial score (nSPS) is 21.7. The van der Waals surface area contributed by atoms with Crippen LogP contribution >= 0.6 is 0 Å². The number of aliphatic hydroxyl groups is 4. The van der Waals surface area contributed by atoms with Crippen LogP contribution in [0.15, 0.2) is 46.6 Å². The van der Waals surface area contributed by atoms with E-state index in [1.807, 2.05) is 0 Å². The maximum Gasteiger partial charge on any atom is 0.0844 e. The highest BCUT2D eigenvalue weighted by molar-refractivity contribution is 5.53. The zero-order valence-corrected chi connectivity index (χ0v) is 16.1. The lowest BCUT2D eigenvalue weighted by atomic mass is 9.79. The smallest absolute Gasteiger partial charge is 0.0844 e. The van der Waals surface area contributed by atoms with Crippen molar-refractivity contribution in [1.82, 2.24) is 0 Å².